The number of hydrogen-bond acceptors (Lipinski definition) is 1. The molecule has 1 aliphatic carbocycles. The van der Waals surface area contributed by atoms with Gasteiger partial charge in [-0.2, -0.15) is 0 Å². The molecule has 1 aliphatic rings. The van der Waals surface area contributed by atoms with Gasteiger partial charge >= 0.3 is 0 Å². The van der Waals surface area contributed by atoms with Crippen LogP contribution in [0.1, 0.15) is 45.1 Å². The van der Waals surface area contributed by atoms with E-state index in [2.05, 4.69) is 25.2 Å². The average molecular weight is 314 g/mol. The normalized spacial score (nSPS) is 24.6. The van der Waals surface area contributed by atoms with Gasteiger partial charge in [-0.05, 0) is 55.3 Å². The summed E-state index contributed by atoms with van der Waals surface area (Å²) in [5, 5.41) is 4.98. The first-order chi connectivity index (χ1) is 9.60. The Labute approximate surface area is 133 Å². The van der Waals surface area contributed by atoms with Gasteiger partial charge in [-0.15, -0.1) is 0 Å². The maximum absolute atomic E-state index is 6.13. The first-order valence-electron chi connectivity index (χ1n) is 7.77. The van der Waals surface area contributed by atoms with Crippen LogP contribution in [0.2, 0.25) is 10.0 Å². The van der Waals surface area contributed by atoms with E-state index in [9.17, 15) is 0 Å². The Kier molecular flexibility index (Phi) is 6.20. The van der Waals surface area contributed by atoms with Crippen LogP contribution < -0.4 is 5.32 Å². The molecule has 1 fully saturated rings. The van der Waals surface area contributed by atoms with Gasteiger partial charge in [0.1, 0.15) is 0 Å². The van der Waals surface area contributed by atoms with Gasteiger partial charge in [-0.1, -0.05) is 56.0 Å². The molecule has 3 heteroatoms. The molecule has 1 saturated carbocycles. The lowest BCUT2D eigenvalue weighted by molar-refractivity contribution is 0.230. The Bertz CT molecular complexity index is 425. The van der Waals surface area contributed by atoms with E-state index in [0.29, 0.717) is 16.1 Å². The van der Waals surface area contributed by atoms with Gasteiger partial charge in [-0.3, -0.25) is 0 Å². The van der Waals surface area contributed by atoms with E-state index in [1.54, 1.807) is 0 Å². The zero-order valence-electron chi connectivity index (χ0n) is 12.5. The summed E-state index contributed by atoms with van der Waals surface area (Å²) in [6.07, 6.45) is 6.48. The van der Waals surface area contributed by atoms with Gasteiger partial charge in [0.15, 0.2) is 0 Å². The minimum absolute atomic E-state index is 0.560. The van der Waals surface area contributed by atoms with Crippen molar-refractivity contribution in [3.05, 3.63) is 33.8 Å². The first-order valence-corrected chi connectivity index (χ1v) is 8.53. The summed E-state index contributed by atoms with van der Waals surface area (Å²) in [7, 11) is 0. The van der Waals surface area contributed by atoms with E-state index >= 15 is 0 Å². The Morgan fingerprint density at radius 3 is 2.45 bits per heavy atom. The molecule has 1 atom stereocenters. The van der Waals surface area contributed by atoms with Gasteiger partial charge in [-0.25, -0.2) is 0 Å². The maximum atomic E-state index is 6.13. The van der Waals surface area contributed by atoms with E-state index < -0.39 is 0 Å². The smallest absolute Gasteiger partial charge is 0.0595 e. The van der Waals surface area contributed by atoms with Crippen molar-refractivity contribution < 1.29 is 0 Å². The third kappa shape index (κ3) is 4.38. The van der Waals surface area contributed by atoms with Crippen molar-refractivity contribution in [1.29, 1.82) is 0 Å². The van der Waals surface area contributed by atoms with Crippen LogP contribution in [0.4, 0.5) is 0 Å². The highest BCUT2D eigenvalue weighted by atomic mass is 35.5. The van der Waals surface area contributed by atoms with Crippen molar-refractivity contribution in [1.82, 2.24) is 5.32 Å². The third-order valence-electron chi connectivity index (χ3n) is 4.54. The van der Waals surface area contributed by atoms with Crippen molar-refractivity contribution in [2.24, 2.45) is 11.8 Å². The quantitative estimate of drug-likeness (QED) is 0.773. The second-order valence-corrected chi connectivity index (χ2v) is 6.95. The summed E-state index contributed by atoms with van der Waals surface area (Å²) < 4.78 is 0. The largest absolute Gasteiger partial charge is 0.314 e. The van der Waals surface area contributed by atoms with Crippen molar-refractivity contribution in [2.75, 3.05) is 6.54 Å². The molecular formula is C17H25Cl2N. The van der Waals surface area contributed by atoms with Gasteiger partial charge < -0.3 is 5.32 Å². The minimum atomic E-state index is 0.560. The summed E-state index contributed by atoms with van der Waals surface area (Å²) in [5.74, 6) is 1.69. The average Bonchev–Trinajstić information content (AvgIpc) is 2.43. The predicted octanol–water partition coefficient (Wildman–Crippen LogP) is 5.34. The molecule has 0 spiro atoms. The van der Waals surface area contributed by atoms with Crippen LogP contribution >= 0.6 is 23.2 Å². The molecule has 112 valence electrons. The standard InChI is InChI=1S/C17H25Cl2N/c1-3-20-17(14-7-4-12(2)5-8-14)11-13-6-9-15(18)16(19)10-13/h6,9-10,12,14,17,20H,3-5,7-8,11H2,1-2H3. The zero-order chi connectivity index (χ0) is 14.5. The van der Waals surface area contributed by atoms with E-state index in [-0.39, 0.29) is 0 Å². The van der Waals surface area contributed by atoms with Gasteiger partial charge in [0.2, 0.25) is 0 Å². The second-order valence-electron chi connectivity index (χ2n) is 6.14. The molecule has 1 aromatic carbocycles. The topological polar surface area (TPSA) is 12.0 Å². The molecule has 1 N–H and O–H groups in total. The van der Waals surface area contributed by atoms with Crippen LogP contribution in [0.3, 0.4) is 0 Å². The molecule has 1 nitrogen and oxygen atoms in total. The fraction of sp³-hybridized carbons (Fsp3) is 0.647. The van der Waals surface area contributed by atoms with Gasteiger partial charge in [0.05, 0.1) is 10.0 Å². The molecule has 0 saturated heterocycles. The molecule has 20 heavy (non-hydrogen) atoms. The highest BCUT2D eigenvalue weighted by Crippen LogP contribution is 2.32. The number of rotatable bonds is 5. The van der Waals surface area contributed by atoms with Crippen molar-refractivity contribution in [3.8, 4) is 0 Å². The molecule has 0 aliphatic heterocycles. The van der Waals surface area contributed by atoms with Gasteiger partial charge in [0, 0.05) is 6.04 Å². The number of nitrogens with one attached hydrogen (secondary N) is 1. The fourth-order valence-corrected chi connectivity index (χ4v) is 3.60. The minimum Gasteiger partial charge on any atom is -0.314 e. The van der Waals surface area contributed by atoms with Crippen molar-refractivity contribution >= 4 is 23.2 Å². The highest BCUT2D eigenvalue weighted by molar-refractivity contribution is 6.42. The van der Waals surface area contributed by atoms with Crippen LogP contribution in [-0.4, -0.2) is 12.6 Å². The van der Waals surface area contributed by atoms with Gasteiger partial charge in [0.25, 0.3) is 0 Å². The molecule has 0 heterocycles. The van der Waals surface area contributed by atoms with Crippen LogP contribution in [0, 0.1) is 11.8 Å². The van der Waals surface area contributed by atoms with Crippen LogP contribution in [0.5, 0.6) is 0 Å². The number of likely N-dealkylation sites (N-methyl/N-ethyl adjacent to an activating group) is 1. The third-order valence-corrected chi connectivity index (χ3v) is 5.27. The molecule has 1 aromatic rings. The zero-order valence-corrected chi connectivity index (χ0v) is 14.0. The molecular weight excluding hydrogens is 289 g/mol. The Morgan fingerprint density at radius 2 is 1.85 bits per heavy atom. The predicted molar refractivity (Wildman–Crippen MR) is 88.8 cm³/mol. The van der Waals surface area contributed by atoms with Crippen molar-refractivity contribution in [2.45, 2.75) is 52.0 Å². The van der Waals surface area contributed by atoms with Crippen LogP contribution in [0.15, 0.2) is 18.2 Å². The molecule has 0 radical (unpaired) electrons. The van der Waals surface area contributed by atoms with E-state index in [1.807, 2.05) is 12.1 Å². The summed E-state index contributed by atoms with van der Waals surface area (Å²) >= 11 is 12.1. The Balaban J connectivity index is 2.02. The molecule has 1 unspecified atom stereocenters. The van der Waals surface area contributed by atoms with E-state index in [4.69, 9.17) is 23.2 Å². The SMILES string of the molecule is CCNC(Cc1ccc(Cl)c(Cl)c1)C1CCC(C)CC1. The lowest BCUT2D eigenvalue weighted by atomic mass is 9.77. The van der Waals surface area contributed by atoms with Crippen LogP contribution in [-0.2, 0) is 6.42 Å². The molecule has 0 bridgehead atoms. The van der Waals surface area contributed by atoms with Crippen molar-refractivity contribution in [3.63, 3.8) is 0 Å². The summed E-state index contributed by atoms with van der Waals surface area (Å²) in [6.45, 7) is 5.59. The first kappa shape index (κ1) is 16.1. The number of hydrogen-bond donors (Lipinski definition) is 1. The summed E-state index contributed by atoms with van der Waals surface area (Å²) in [6, 6.07) is 6.58. The maximum Gasteiger partial charge on any atom is 0.0595 e. The summed E-state index contributed by atoms with van der Waals surface area (Å²) in [4.78, 5) is 0. The monoisotopic (exact) mass is 313 g/mol. The molecule has 2 rings (SSSR count). The fourth-order valence-electron chi connectivity index (χ4n) is 3.28. The Morgan fingerprint density at radius 1 is 1.15 bits per heavy atom. The summed E-state index contributed by atoms with van der Waals surface area (Å²) in [5.41, 5.74) is 1.28. The number of benzene rings is 1. The second kappa shape index (κ2) is 7.68. The van der Waals surface area contributed by atoms with E-state index in [0.717, 1.165) is 24.8 Å². The molecule has 0 aromatic heterocycles. The number of halogens is 2. The Hall–Kier alpha value is -0.240. The van der Waals surface area contributed by atoms with E-state index in [1.165, 1.54) is 31.2 Å². The lowest BCUT2D eigenvalue weighted by Crippen LogP contribution is -2.39. The highest BCUT2D eigenvalue weighted by Gasteiger charge is 2.25. The lowest BCUT2D eigenvalue weighted by Gasteiger charge is -2.33. The van der Waals surface area contributed by atoms with Crippen LogP contribution in [0.25, 0.3) is 0 Å². The molecule has 0 amide bonds.